The average Bonchev–Trinajstić information content (AvgIpc) is 2.98. The highest BCUT2D eigenvalue weighted by atomic mass is 16.5. The van der Waals surface area contributed by atoms with Gasteiger partial charge in [-0.1, -0.05) is 36.4 Å². The highest BCUT2D eigenvalue weighted by Crippen LogP contribution is 2.21. The minimum absolute atomic E-state index is 0.0692. The van der Waals surface area contributed by atoms with Crippen LogP contribution in [0.1, 0.15) is 11.1 Å². The van der Waals surface area contributed by atoms with Gasteiger partial charge in [0.25, 0.3) is 0 Å². The molecule has 0 bridgehead atoms. The van der Waals surface area contributed by atoms with Gasteiger partial charge < -0.3 is 14.6 Å². The van der Waals surface area contributed by atoms with Gasteiger partial charge in [-0.05, 0) is 17.7 Å². The molecule has 1 heterocycles. The molecule has 0 aliphatic rings. The van der Waals surface area contributed by atoms with Crippen LogP contribution in [0.3, 0.4) is 0 Å². The Balaban J connectivity index is 1.73. The number of methoxy groups -OCH3 is 1. The predicted molar refractivity (Wildman–Crippen MR) is 91.5 cm³/mol. The molecule has 2 aromatic carbocycles. The monoisotopic (exact) mass is 308 g/mol. The molecule has 1 amide bonds. The highest BCUT2D eigenvalue weighted by Gasteiger charge is 2.14. The summed E-state index contributed by atoms with van der Waals surface area (Å²) in [5.74, 6) is 0.820. The van der Waals surface area contributed by atoms with Crippen LogP contribution >= 0.6 is 0 Å². The molecular weight excluding hydrogens is 288 g/mol. The van der Waals surface area contributed by atoms with Crippen molar-refractivity contribution >= 4 is 16.8 Å². The summed E-state index contributed by atoms with van der Waals surface area (Å²) < 4.78 is 5.31. The first-order valence-electron chi connectivity index (χ1n) is 7.60. The summed E-state index contributed by atoms with van der Waals surface area (Å²) in [5, 5.41) is 1.16. The Bertz CT molecular complexity index is 823. The molecule has 1 N–H and O–H groups in total. The van der Waals surface area contributed by atoms with E-state index in [0.717, 1.165) is 27.8 Å². The summed E-state index contributed by atoms with van der Waals surface area (Å²) in [6.07, 6.45) is 2.31. The van der Waals surface area contributed by atoms with Crippen molar-refractivity contribution < 1.29 is 9.53 Å². The lowest BCUT2D eigenvalue weighted by atomic mass is 10.1. The SMILES string of the molecule is COc1ccccc1CC(=O)N(C)Cc1c[nH]c2ccccc12. The number of carbonyl (C=O) groups is 1. The number of rotatable bonds is 5. The maximum Gasteiger partial charge on any atom is 0.227 e. The van der Waals surface area contributed by atoms with E-state index < -0.39 is 0 Å². The molecule has 0 fully saturated rings. The number of fused-ring (bicyclic) bond motifs is 1. The van der Waals surface area contributed by atoms with Crippen molar-refractivity contribution in [2.24, 2.45) is 0 Å². The zero-order chi connectivity index (χ0) is 16.2. The van der Waals surface area contributed by atoms with Gasteiger partial charge in [-0.25, -0.2) is 0 Å². The third-order valence-corrected chi connectivity index (χ3v) is 4.04. The minimum Gasteiger partial charge on any atom is -0.496 e. The first-order valence-corrected chi connectivity index (χ1v) is 7.60. The van der Waals surface area contributed by atoms with E-state index in [9.17, 15) is 4.79 Å². The molecule has 0 unspecified atom stereocenters. The van der Waals surface area contributed by atoms with Gasteiger partial charge in [0.15, 0.2) is 0 Å². The predicted octanol–water partition coefficient (Wildman–Crippen LogP) is 3.38. The maximum atomic E-state index is 12.5. The van der Waals surface area contributed by atoms with Gasteiger partial charge in [-0.15, -0.1) is 0 Å². The number of nitrogens with zero attached hydrogens (tertiary/aromatic N) is 1. The number of carbonyl (C=O) groups excluding carboxylic acids is 1. The number of likely N-dealkylation sites (N-methyl/N-ethyl adjacent to an activating group) is 1. The van der Waals surface area contributed by atoms with Gasteiger partial charge in [-0.2, -0.15) is 0 Å². The second kappa shape index (κ2) is 6.57. The number of amides is 1. The molecule has 0 aliphatic heterocycles. The Morgan fingerprint density at radius 1 is 1.09 bits per heavy atom. The lowest BCUT2D eigenvalue weighted by molar-refractivity contribution is -0.129. The Labute approximate surface area is 135 Å². The van der Waals surface area contributed by atoms with Crippen LogP contribution in [0, 0.1) is 0 Å². The van der Waals surface area contributed by atoms with Gasteiger partial charge >= 0.3 is 0 Å². The molecule has 3 aromatic rings. The number of benzene rings is 2. The van der Waals surface area contributed by atoms with E-state index in [1.54, 1.807) is 12.0 Å². The molecular formula is C19H20N2O2. The lowest BCUT2D eigenvalue weighted by Crippen LogP contribution is -2.27. The lowest BCUT2D eigenvalue weighted by Gasteiger charge is -2.17. The van der Waals surface area contributed by atoms with E-state index in [4.69, 9.17) is 4.74 Å². The standard InChI is InChI=1S/C19H20N2O2/c1-21(13-15-12-20-17-9-5-4-8-16(15)17)19(22)11-14-7-3-6-10-18(14)23-2/h3-10,12,20H,11,13H2,1-2H3. The number of aromatic nitrogens is 1. The van der Waals surface area contributed by atoms with Gasteiger partial charge in [0, 0.05) is 36.3 Å². The summed E-state index contributed by atoms with van der Waals surface area (Å²) in [7, 11) is 3.46. The highest BCUT2D eigenvalue weighted by molar-refractivity contribution is 5.84. The van der Waals surface area contributed by atoms with Crippen molar-refractivity contribution in [1.82, 2.24) is 9.88 Å². The molecule has 4 nitrogen and oxygen atoms in total. The minimum atomic E-state index is 0.0692. The summed E-state index contributed by atoms with van der Waals surface area (Å²) in [6, 6.07) is 15.7. The first-order chi connectivity index (χ1) is 11.2. The van der Waals surface area contributed by atoms with Crippen LogP contribution in [0.25, 0.3) is 10.9 Å². The molecule has 1 aromatic heterocycles. The van der Waals surface area contributed by atoms with Gasteiger partial charge in [0.05, 0.1) is 13.5 Å². The molecule has 0 atom stereocenters. The van der Waals surface area contributed by atoms with Crippen LogP contribution in [0.2, 0.25) is 0 Å². The van der Waals surface area contributed by atoms with Gasteiger partial charge in [0.2, 0.25) is 5.91 Å². The van der Waals surface area contributed by atoms with Crippen LogP contribution < -0.4 is 4.74 Å². The largest absolute Gasteiger partial charge is 0.496 e. The molecule has 0 radical (unpaired) electrons. The molecule has 0 aliphatic carbocycles. The van der Waals surface area contributed by atoms with Crippen LogP contribution in [-0.2, 0) is 17.8 Å². The van der Waals surface area contributed by atoms with Crippen molar-refractivity contribution in [2.75, 3.05) is 14.2 Å². The summed E-state index contributed by atoms with van der Waals surface area (Å²) >= 11 is 0. The van der Waals surface area contributed by atoms with Crippen LogP contribution in [0.5, 0.6) is 5.75 Å². The molecule has 4 heteroatoms. The topological polar surface area (TPSA) is 45.3 Å². The zero-order valence-electron chi connectivity index (χ0n) is 13.4. The number of aromatic amines is 1. The number of para-hydroxylation sites is 2. The maximum absolute atomic E-state index is 12.5. The van der Waals surface area contributed by atoms with Crippen LogP contribution in [0.4, 0.5) is 0 Å². The molecule has 0 spiro atoms. The number of hydrogen-bond donors (Lipinski definition) is 1. The third-order valence-electron chi connectivity index (χ3n) is 4.04. The fourth-order valence-electron chi connectivity index (χ4n) is 2.75. The van der Waals surface area contributed by atoms with Gasteiger partial charge in [0.1, 0.15) is 5.75 Å². The summed E-state index contributed by atoms with van der Waals surface area (Å²) in [5.41, 5.74) is 3.12. The average molecular weight is 308 g/mol. The van der Waals surface area contributed by atoms with E-state index in [0.29, 0.717) is 13.0 Å². The number of ether oxygens (including phenoxy) is 1. The van der Waals surface area contributed by atoms with Gasteiger partial charge in [-0.3, -0.25) is 4.79 Å². The smallest absolute Gasteiger partial charge is 0.227 e. The number of nitrogens with one attached hydrogen (secondary N) is 1. The Hall–Kier alpha value is -2.75. The van der Waals surface area contributed by atoms with E-state index >= 15 is 0 Å². The van der Waals surface area contributed by atoms with Crippen LogP contribution in [0.15, 0.2) is 54.7 Å². The van der Waals surface area contributed by atoms with Crippen molar-refractivity contribution in [3.05, 3.63) is 65.9 Å². The Morgan fingerprint density at radius 2 is 1.83 bits per heavy atom. The molecule has 0 saturated heterocycles. The van der Waals surface area contributed by atoms with Crippen molar-refractivity contribution in [2.45, 2.75) is 13.0 Å². The van der Waals surface area contributed by atoms with E-state index in [-0.39, 0.29) is 5.91 Å². The van der Waals surface area contributed by atoms with E-state index in [2.05, 4.69) is 11.1 Å². The molecule has 0 saturated carbocycles. The normalized spacial score (nSPS) is 10.7. The molecule has 23 heavy (non-hydrogen) atoms. The fourth-order valence-corrected chi connectivity index (χ4v) is 2.75. The Kier molecular flexibility index (Phi) is 4.33. The molecule has 118 valence electrons. The van der Waals surface area contributed by atoms with Crippen molar-refractivity contribution in [3.8, 4) is 5.75 Å². The molecule has 3 rings (SSSR count). The Morgan fingerprint density at radius 3 is 2.65 bits per heavy atom. The van der Waals surface area contributed by atoms with Crippen molar-refractivity contribution in [3.63, 3.8) is 0 Å². The number of H-pyrrole nitrogens is 1. The van der Waals surface area contributed by atoms with Crippen molar-refractivity contribution in [1.29, 1.82) is 0 Å². The van der Waals surface area contributed by atoms with E-state index in [1.807, 2.05) is 55.7 Å². The summed E-state index contributed by atoms with van der Waals surface area (Å²) in [4.78, 5) is 17.5. The number of hydrogen-bond acceptors (Lipinski definition) is 2. The van der Waals surface area contributed by atoms with E-state index in [1.165, 1.54) is 0 Å². The zero-order valence-corrected chi connectivity index (χ0v) is 13.4. The first kappa shape index (κ1) is 15.2. The van der Waals surface area contributed by atoms with Crippen LogP contribution in [-0.4, -0.2) is 29.9 Å². The second-order valence-corrected chi connectivity index (χ2v) is 5.60. The summed E-state index contributed by atoms with van der Waals surface area (Å²) in [6.45, 7) is 0.581. The third kappa shape index (κ3) is 3.21. The second-order valence-electron chi connectivity index (χ2n) is 5.60. The fraction of sp³-hybridized carbons (Fsp3) is 0.211. The quantitative estimate of drug-likeness (QED) is 0.785.